The summed E-state index contributed by atoms with van der Waals surface area (Å²) in [5, 5.41) is 0.972. The van der Waals surface area contributed by atoms with Crippen molar-refractivity contribution in [1.82, 2.24) is 4.90 Å². The van der Waals surface area contributed by atoms with Gasteiger partial charge in [-0.2, -0.15) is 0 Å². The molecule has 0 bridgehead atoms. The summed E-state index contributed by atoms with van der Waals surface area (Å²) < 4.78 is 20.1. The van der Waals surface area contributed by atoms with Gasteiger partial charge in [0.2, 0.25) is 0 Å². The standard InChI is InChI=1S/C17H16Cl2FNO/c1-21(2)9-12-7-10-6-11(20)8-13(17(10)22-12)16-14(18)4-3-5-15(16)19/h3-6,8,12H,7,9H2,1-2H3/t12-/m1/s1. The molecule has 3 rings (SSSR count). The number of likely N-dealkylation sites (N-methyl/N-ethyl adjacent to an activating group) is 1. The lowest BCUT2D eigenvalue weighted by Crippen LogP contribution is -2.29. The molecule has 0 N–H and O–H groups in total. The second-order valence-corrected chi connectivity index (χ2v) is 6.56. The quantitative estimate of drug-likeness (QED) is 0.805. The Hall–Kier alpha value is -1.29. The summed E-state index contributed by atoms with van der Waals surface area (Å²) in [7, 11) is 3.97. The van der Waals surface area contributed by atoms with Crippen molar-refractivity contribution in [1.29, 1.82) is 0 Å². The topological polar surface area (TPSA) is 12.5 Å². The van der Waals surface area contributed by atoms with Crippen molar-refractivity contribution < 1.29 is 9.13 Å². The van der Waals surface area contributed by atoms with Crippen LogP contribution in [0.5, 0.6) is 5.75 Å². The Balaban J connectivity index is 2.09. The minimum atomic E-state index is -0.307. The Morgan fingerprint density at radius 3 is 2.55 bits per heavy atom. The van der Waals surface area contributed by atoms with Crippen LogP contribution < -0.4 is 4.74 Å². The van der Waals surface area contributed by atoms with E-state index in [4.69, 9.17) is 27.9 Å². The number of nitrogens with zero attached hydrogens (tertiary/aromatic N) is 1. The van der Waals surface area contributed by atoms with Crippen LogP contribution in [0.1, 0.15) is 5.56 Å². The van der Waals surface area contributed by atoms with Crippen molar-refractivity contribution in [3.05, 3.63) is 51.8 Å². The van der Waals surface area contributed by atoms with E-state index in [1.54, 1.807) is 18.2 Å². The zero-order valence-electron chi connectivity index (χ0n) is 12.4. The fourth-order valence-corrected chi connectivity index (χ4v) is 3.45. The Morgan fingerprint density at radius 1 is 1.23 bits per heavy atom. The summed E-state index contributed by atoms with van der Waals surface area (Å²) in [5.41, 5.74) is 2.09. The molecule has 0 radical (unpaired) electrons. The van der Waals surface area contributed by atoms with Gasteiger partial charge in [0.15, 0.2) is 0 Å². The first-order valence-corrected chi connectivity index (χ1v) is 7.79. The first kappa shape index (κ1) is 15.6. The van der Waals surface area contributed by atoms with E-state index in [9.17, 15) is 4.39 Å². The van der Waals surface area contributed by atoms with E-state index in [0.717, 1.165) is 12.1 Å². The molecule has 1 atom stereocenters. The lowest BCUT2D eigenvalue weighted by atomic mass is 10.00. The predicted octanol–water partition coefficient (Wildman–Crippen LogP) is 4.66. The maximum absolute atomic E-state index is 14.0. The molecule has 116 valence electrons. The molecule has 0 amide bonds. The normalized spacial score (nSPS) is 16.7. The van der Waals surface area contributed by atoms with Crippen LogP contribution in [0, 0.1) is 5.82 Å². The summed E-state index contributed by atoms with van der Waals surface area (Å²) in [6, 6.07) is 8.21. The molecule has 22 heavy (non-hydrogen) atoms. The highest BCUT2D eigenvalue weighted by molar-refractivity contribution is 6.39. The molecular weight excluding hydrogens is 324 g/mol. The van der Waals surface area contributed by atoms with Gasteiger partial charge >= 0.3 is 0 Å². The van der Waals surface area contributed by atoms with Gasteiger partial charge in [-0.15, -0.1) is 0 Å². The van der Waals surface area contributed by atoms with Gasteiger partial charge in [0.1, 0.15) is 17.7 Å². The zero-order chi connectivity index (χ0) is 15.9. The van der Waals surface area contributed by atoms with Crippen LogP contribution in [0.2, 0.25) is 10.0 Å². The predicted molar refractivity (Wildman–Crippen MR) is 88.5 cm³/mol. The number of benzene rings is 2. The van der Waals surface area contributed by atoms with Gasteiger partial charge in [0.05, 0.1) is 10.0 Å². The fraction of sp³-hybridized carbons (Fsp3) is 0.294. The third kappa shape index (κ3) is 2.94. The average molecular weight is 340 g/mol. The number of hydrogen-bond acceptors (Lipinski definition) is 2. The summed E-state index contributed by atoms with van der Waals surface area (Å²) in [5.74, 6) is 0.377. The van der Waals surface area contributed by atoms with Gasteiger partial charge in [-0.05, 0) is 38.4 Å². The number of rotatable bonds is 3. The number of fused-ring (bicyclic) bond motifs is 1. The van der Waals surface area contributed by atoms with Crippen molar-refractivity contribution in [2.45, 2.75) is 12.5 Å². The second kappa shape index (κ2) is 6.07. The molecule has 1 aliphatic heterocycles. The lowest BCUT2D eigenvalue weighted by molar-refractivity contribution is 0.185. The smallest absolute Gasteiger partial charge is 0.131 e. The molecule has 1 aliphatic rings. The number of hydrogen-bond donors (Lipinski definition) is 0. The van der Waals surface area contributed by atoms with Gasteiger partial charge in [-0.3, -0.25) is 0 Å². The van der Waals surface area contributed by atoms with Gasteiger partial charge in [0.25, 0.3) is 0 Å². The molecule has 0 fully saturated rings. The largest absolute Gasteiger partial charge is 0.488 e. The zero-order valence-corrected chi connectivity index (χ0v) is 13.9. The third-order valence-corrected chi connectivity index (χ3v) is 4.29. The molecule has 0 aromatic heterocycles. The van der Waals surface area contributed by atoms with E-state index in [2.05, 4.69) is 4.90 Å². The van der Waals surface area contributed by atoms with Crippen molar-refractivity contribution in [2.24, 2.45) is 0 Å². The highest BCUT2D eigenvalue weighted by Crippen LogP contribution is 2.44. The highest BCUT2D eigenvalue weighted by atomic mass is 35.5. The minimum absolute atomic E-state index is 0.00631. The van der Waals surface area contributed by atoms with E-state index in [1.807, 2.05) is 14.1 Å². The van der Waals surface area contributed by atoms with Crippen LogP contribution in [0.15, 0.2) is 30.3 Å². The van der Waals surface area contributed by atoms with Gasteiger partial charge in [-0.25, -0.2) is 4.39 Å². The molecule has 2 aromatic rings. The first-order valence-electron chi connectivity index (χ1n) is 7.04. The molecule has 0 saturated carbocycles. The van der Waals surface area contributed by atoms with Crippen molar-refractivity contribution in [3.8, 4) is 16.9 Å². The maximum atomic E-state index is 14.0. The Bertz CT molecular complexity index is 698. The van der Waals surface area contributed by atoms with Gasteiger partial charge < -0.3 is 9.64 Å². The van der Waals surface area contributed by atoms with E-state index in [1.165, 1.54) is 12.1 Å². The molecule has 0 unspecified atom stereocenters. The van der Waals surface area contributed by atoms with Crippen LogP contribution in [-0.4, -0.2) is 31.6 Å². The molecule has 1 heterocycles. The number of ether oxygens (including phenoxy) is 1. The van der Waals surface area contributed by atoms with Crippen LogP contribution in [0.25, 0.3) is 11.1 Å². The maximum Gasteiger partial charge on any atom is 0.131 e. The molecule has 2 nitrogen and oxygen atoms in total. The van der Waals surface area contributed by atoms with E-state index in [-0.39, 0.29) is 11.9 Å². The second-order valence-electron chi connectivity index (χ2n) is 5.74. The summed E-state index contributed by atoms with van der Waals surface area (Å²) in [6.07, 6.45) is 0.687. The Morgan fingerprint density at radius 2 is 1.91 bits per heavy atom. The van der Waals surface area contributed by atoms with Crippen LogP contribution in [0.4, 0.5) is 4.39 Å². The molecular formula is C17H16Cl2FNO. The van der Waals surface area contributed by atoms with Crippen LogP contribution in [-0.2, 0) is 6.42 Å². The van der Waals surface area contributed by atoms with E-state index < -0.39 is 0 Å². The first-order chi connectivity index (χ1) is 10.5. The summed E-state index contributed by atoms with van der Waals surface area (Å²) in [4.78, 5) is 2.05. The minimum Gasteiger partial charge on any atom is -0.488 e. The molecule has 2 aromatic carbocycles. The average Bonchev–Trinajstić information content (AvgIpc) is 2.79. The van der Waals surface area contributed by atoms with Crippen LogP contribution >= 0.6 is 23.2 Å². The van der Waals surface area contributed by atoms with E-state index >= 15 is 0 Å². The lowest BCUT2D eigenvalue weighted by Gasteiger charge is -2.17. The van der Waals surface area contributed by atoms with Gasteiger partial charge in [-0.1, -0.05) is 29.3 Å². The van der Waals surface area contributed by atoms with Crippen molar-refractivity contribution >= 4 is 23.2 Å². The van der Waals surface area contributed by atoms with Gasteiger partial charge in [0, 0.05) is 29.7 Å². The fourth-order valence-electron chi connectivity index (χ4n) is 2.84. The Labute approximate surface area is 139 Å². The van der Waals surface area contributed by atoms with E-state index in [0.29, 0.717) is 33.3 Å². The summed E-state index contributed by atoms with van der Waals surface area (Å²) >= 11 is 12.5. The number of halogens is 3. The molecule has 0 spiro atoms. The highest BCUT2D eigenvalue weighted by Gasteiger charge is 2.28. The SMILES string of the molecule is CN(C)C[C@H]1Cc2cc(F)cc(-c3c(Cl)cccc3Cl)c2O1. The van der Waals surface area contributed by atoms with Crippen LogP contribution in [0.3, 0.4) is 0 Å². The third-order valence-electron chi connectivity index (χ3n) is 3.66. The monoisotopic (exact) mass is 339 g/mol. The Kier molecular flexibility index (Phi) is 4.31. The molecule has 0 aliphatic carbocycles. The summed E-state index contributed by atoms with van der Waals surface area (Å²) in [6.45, 7) is 0.770. The van der Waals surface area contributed by atoms with Crippen molar-refractivity contribution in [3.63, 3.8) is 0 Å². The molecule has 0 saturated heterocycles. The van der Waals surface area contributed by atoms with Crippen molar-refractivity contribution in [2.75, 3.05) is 20.6 Å². The molecule has 5 heteroatoms.